The number of rotatable bonds is 5. The molecule has 1 atom stereocenters. The quantitative estimate of drug-likeness (QED) is 0.634. The van der Waals surface area contributed by atoms with Crippen LogP contribution in [0.4, 0.5) is 0 Å². The first-order chi connectivity index (χ1) is 6.36. The van der Waals surface area contributed by atoms with Gasteiger partial charge in [0, 0.05) is 46.9 Å². The lowest BCUT2D eigenvalue weighted by molar-refractivity contribution is 0.00414. The predicted octanol–water partition coefficient (Wildman–Crippen LogP) is -0.447. The number of nitrogens with zero attached hydrogens (tertiary/aromatic N) is 1. The van der Waals surface area contributed by atoms with Crippen LogP contribution in [0.2, 0.25) is 0 Å². The van der Waals surface area contributed by atoms with Gasteiger partial charge in [0.05, 0.1) is 12.7 Å². The van der Waals surface area contributed by atoms with E-state index >= 15 is 0 Å². The zero-order valence-corrected chi connectivity index (χ0v) is 8.58. The zero-order valence-electron chi connectivity index (χ0n) is 8.58. The van der Waals surface area contributed by atoms with Crippen LogP contribution >= 0.6 is 0 Å². The van der Waals surface area contributed by atoms with Crippen molar-refractivity contribution >= 4 is 0 Å². The third kappa shape index (κ3) is 4.04. The summed E-state index contributed by atoms with van der Waals surface area (Å²) in [7, 11) is 3.45. The molecular weight excluding hydrogens is 168 g/mol. The maximum Gasteiger partial charge on any atom is 0.0931 e. The minimum absolute atomic E-state index is 0.211. The molecule has 1 fully saturated rings. The van der Waals surface area contributed by atoms with E-state index in [1.165, 1.54) is 0 Å². The Bertz CT molecular complexity index is 124. The summed E-state index contributed by atoms with van der Waals surface area (Å²) in [6, 6.07) is 0. The number of methoxy groups -OCH3 is 2. The monoisotopic (exact) mass is 188 g/mol. The summed E-state index contributed by atoms with van der Waals surface area (Å²) < 4.78 is 10.4. The predicted molar refractivity (Wildman–Crippen MR) is 52.0 cm³/mol. The van der Waals surface area contributed by atoms with Gasteiger partial charge in [-0.25, -0.2) is 0 Å². The molecule has 0 unspecified atom stereocenters. The maximum absolute atomic E-state index is 5.31. The molecule has 0 aromatic carbocycles. The molecule has 0 saturated carbocycles. The van der Waals surface area contributed by atoms with E-state index in [1.54, 1.807) is 14.2 Å². The summed E-state index contributed by atoms with van der Waals surface area (Å²) in [6.07, 6.45) is 0.211. The molecule has 4 nitrogen and oxygen atoms in total. The van der Waals surface area contributed by atoms with Crippen molar-refractivity contribution in [2.75, 3.05) is 53.6 Å². The SMILES string of the molecule is COC[C@@H](CN1CCNCC1)OC. The van der Waals surface area contributed by atoms with Crippen molar-refractivity contribution in [3.05, 3.63) is 0 Å². The van der Waals surface area contributed by atoms with Crippen molar-refractivity contribution in [1.29, 1.82) is 0 Å². The Morgan fingerprint density at radius 2 is 2.00 bits per heavy atom. The lowest BCUT2D eigenvalue weighted by atomic mass is 10.3. The topological polar surface area (TPSA) is 33.7 Å². The van der Waals surface area contributed by atoms with Crippen LogP contribution in [-0.4, -0.2) is 64.6 Å². The summed E-state index contributed by atoms with van der Waals surface area (Å²) in [6.45, 7) is 6.06. The van der Waals surface area contributed by atoms with Crippen molar-refractivity contribution in [1.82, 2.24) is 10.2 Å². The molecular formula is C9H20N2O2. The van der Waals surface area contributed by atoms with E-state index in [9.17, 15) is 0 Å². The van der Waals surface area contributed by atoms with Crippen LogP contribution in [0.15, 0.2) is 0 Å². The summed E-state index contributed by atoms with van der Waals surface area (Å²) in [5.74, 6) is 0. The van der Waals surface area contributed by atoms with Crippen molar-refractivity contribution in [2.45, 2.75) is 6.10 Å². The summed E-state index contributed by atoms with van der Waals surface area (Å²) >= 11 is 0. The van der Waals surface area contributed by atoms with Gasteiger partial charge >= 0.3 is 0 Å². The minimum atomic E-state index is 0.211. The molecule has 0 aromatic rings. The van der Waals surface area contributed by atoms with Crippen LogP contribution in [0.5, 0.6) is 0 Å². The fourth-order valence-electron chi connectivity index (χ4n) is 1.56. The Hall–Kier alpha value is -0.160. The van der Waals surface area contributed by atoms with Crippen molar-refractivity contribution in [3.8, 4) is 0 Å². The van der Waals surface area contributed by atoms with Crippen LogP contribution in [0.3, 0.4) is 0 Å². The van der Waals surface area contributed by atoms with Gasteiger partial charge in [-0.1, -0.05) is 0 Å². The van der Waals surface area contributed by atoms with Crippen LogP contribution in [0.25, 0.3) is 0 Å². The van der Waals surface area contributed by atoms with Gasteiger partial charge in [0.25, 0.3) is 0 Å². The Balaban J connectivity index is 2.18. The van der Waals surface area contributed by atoms with Gasteiger partial charge in [-0.05, 0) is 0 Å². The normalized spacial score (nSPS) is 21.7. The second-order valence-electron chi connectivity index (χ2n) is 3.36. The molecule has 0 spiro atoms. The second-order valence-corrected chi connectivity index (χ2v) is 3.36. The van der Waals surface area contributed by atoms with Crippen molar-refractivity contribution in [3.63, 3.8) is 0 Å². The third-order valence-electron chi connectivity index (χ3n) is 2.36. The van der Waals surface area contributed by atoms with Gasteiger partial charge in [0.15, 0.2) is 0 Å². The van der Waals surface area contributed by atoms with Crippen LogP contribution < -0.4 is 5.32 Å². The highest BCUT2D eigenvalue weighted by Gasteiger charge is 2.15. The fraction of sp³-hybridized carbons (Fsp3) is 1.00. The summed E-state index contributed by atoms with van der Waals surface area (Å²) in [5, 5.41) is 3.32. The van der Waals surface area contributed by atoms with Gasteiger partial charge < -0.3 is 14.8 Å². The minimum Gasteiger partial charge on any atom is -0.382 e. The van der Waals surface area contributed by atoms with Gasteiger partial charge in [0.2, 0.25) is 0 Å². The van der Waals surface area contributed by atoms with Crippen LogP contribution in [0, 0.1) is 0 Å². The van der Waals surface area contributed by atoms with Crippen LogP contribution in [-0.2, 0) is 9.47 Å². The number of ether oxygens (including phenoxy) is 2. The van der Waals surface area contributed by atoms with E-state index in [1.807, 2.05) is 0 Å². The molecule has 0 bridgehead atoms. The smallest absolute Gasteiger partial charge is 0.0931 e. The first-order valence-electron chi connectivity index (χ1n) is 4.81. The molecule has 1 aliphatic heterocycles. The molecule has 78 valence electrons. The van der Waals surface area contributed by atoms with E-state index in [4.69, 9.17) is 9.47 Å². The van der Waals surface area contributed by atoms with E-state index in [0.717, 1.165) is 32.7 Å². The Kier molecular flexibility index (Phi) is 5.31. The first-order valence-corrected chi connectivity index (χ1v) is 4.81. The number of hydrogen-bond acceptors (Lipinski definition) is 4. The Morgan fingerprint density at radius 3 is 2.54 bits per heavy atom. The summed E-state index contributed by atoms with van der Waals surface area (Å²) in [5.41, 5.74) is 0. The van der Waals surface area contributed by atoms with Gasteiger partial charge in [-0.3, -0.25) is 4.90 Å². The van der Waals surface area contributed by atoms with Gasteiger partial charge in [-0.2, -0.15) is 0 Å². The molecule has 1 rings (SSSR count). The van der Waals surface area contributed by atoms with E-state index < -0.39 is 0 Å². The average Bonchev–Trinajstić information content (AvgIpc) is 2.19. The molecule has 0 amide bonds. The summed E-state index contributed by atoms with van der Waals surface area (Å²) in [4.78, 5) is 2.41. The lowest BCUT2D eigenvalue weighted by Crippen LogP contribution is -2.47. The number of nitrogens with one attached hydrogen (secondary N) is 1. The molecule has 4 heteroatoms. The molecule has 1 saturated heterocycles. The molecule has 1 N–H and O–H groups in total. The number of hydrogen-bond donors (Lipinski definition) is 1. The molecule has 0 radical (unpaired) electrons. The lowest BCUT2D eigenvalue weighted by Gasteiger charge is -2.30. The number of piperazine rings is 1. The highest BCUT2D eigenvalue weighted by atomic mass is 16.5. The van der Waals surface area contributed by atoms with E-state index in [0.29, 0.717) is 6.61 Å². The fourth-order valence-corrected chi connectivity index (χ4v) is 1.56. The molecule has 13 heavy (non-hydrogen) atoms. The zero-order chi connectivity index (χ0) is 9.52. The highest BCUT2D eigenvalue weighted by Crippen LogP contribution is 1.98. The van der Waals surface area contributed by atoms with E-state index in [-0.39, 0.29) is 6.10 Å². The first kappa shape index (κ1) is 10.9. The Labute approximate surface area is 80.2 Å². The van der Waals surface area contributed by atoms with Crippen molar-refractivity contribution in [2.24, 2.45) is 0 Å². The Morgan fingerprint density at radius 1 is 1.31 bits per heavy atom. The van der Waals surface area contributed by atoms with Crippen LogP contribution in [0.1, 0.15) is 0 Å². The van der Waals surface area contributed by atoms with Crippen molar-refractivity contribution < 1.29 is 9.47 Å². The maximum atomic E-state index is 5.31. The average molecular weight is 188 g/mol. The largest absolute Gasteiger partial charge is 0.382 e. The molecule has 1 heterocycles. The second kappa shape index (κ2) is 6.32. The molecule has 0 aliphatic carbocycles. The van der Waals surface area contributed by atoms with E-state index in [2.05, 4.69) is 10.2 Å². The third-order valence-corrected chi connectivity index (χ3v) is 2.36. The molecule has 1 aliphatic rings. The molecule has 0 aromatic heterocycles. The standard InChI is InChI=1S/C9H20N2O2/c1-12-8-9(13-2)7-11-5-3-10-4-6-11/h9-10H,3-8H2,1-2H3/t9-/m1/s1. The van der Waals surface area contributed by atoms with Gasteiger partial charge in [0.1, 0.15) is 0 Å². The highest BCUT2D eigenvalue weighted by molar-refractivity contribution is 4.71. The van der Waals surface area contributed by atoms with Gasteiger partial charge in [-0.15, -0.1) is 0 Å².